The minimum Gasteiger partial charge on any atom is -0.0622 e. The Morgan fingerprint density at radius 3 is 1.23 bits per heavy atom. The Balaban J connectivity index is 1.48. The number of rotatable bonds is 4. The van der Waals surface area contributed by atoms with E-state index in [4.69, 9.17) is 0 Å². The van der Waals surface area contributed by atoms with E-state index in [1.54, 1.807) is 0 Å². The fourth-order valence-corrected chi connectivity index (χ4v) is 3.56. The maximum absolute atomic E-state index is 2.25. The van der Waals surface area contributed by atoms with Gasteiger partial charge in [0.15, 0.2) is 0 Å². The van der Waals surface area contributed by atoms with Crippen LogP contribution in [0.2, 0.25) is 0 Å². The zero-order valence-corrected chi connectivity index (χ0v) is 18.0. The summed E-state index contributed by atoms with van der Waals surface area (Å²) < 4.78 is 0. The lowest BCUT2D eigenvalue weighted by atomic mass is 9.86. The normalized spacial score (nSPS) is 11.7. The molecule has 0 nitrogen and oxygen atoms in total. The van der Waals surface area contributed by atoms with Gasteiger partial charge >= 0.3 is 0 Å². The van der Waals surface area contributed by atoms with Crippen LogP contribution in [0.25, 0.3) is 34.4 Å². The van der Waals surface area contributed by atoms with Crippen LogP contribution in [0.3, 0.4) is 0 Å². The highest BCUT2D eigenvalue weighted by Crippen LogP contribution is 2.28. The van der Waals surface area contributed by atoms with Crippen molar-refractivity contribution in [2.75, 3.05) is 0 Å². The standard InChI is InChI=1S/C30H28/c1-30(2,3)29-21-19-28(20-22-29)27-17-15-26(16-18-27)25-13-11-24(12-14-25)10-9-23-7-5-4-6-8-23/h4-22H,1-3H3/b10-9+. The summed E-state index contributed by atoms with van der Waals surface area (Å²) >= 11 is 0. The van der Waals surface area contributed by atoms with Gasteiger partial charge < -0.3 is 0 Å². The molecule has 0 spiro atoms. The van der Waals surface area contributed by atoms with Gasteiger partial charge in [0.2, 0.25) is 0 Å². The summed E-state index contributed by atoms with van der Waals surface area (Å²) in [4.78, 5) is 0. The summed E-state index contributed by atoms with van der Waals surface area (Å²) in [5.41, 5.74) is 8.96. The number of hydrogen-bond donors (Lipinski definition) is 0. The molecule has 0 aliphatic rings. The van der Waals surface area contributed by atoms with E-state index < -0.39 is 0 Å². The van der Waals surface area contributed by atoms with Crippen LogP contribution >= 0.6 is 0 Å². The summed E-state index contributed by atoms with van der Waals surface area (Å²) in [6.07, 6.45) is 4.30. The van der Waals surface area contributed by atoms with Crippen molar-refractivity contribution in [2.45, 2.75) is 26.2 Å². The first-order valence-electron chi connectivity index (χ1n) is 10.5. The summed E-state index contributed by atoms with van der Waals surface area (Å²) in [7, 11) is 0. The largest absolute Gasteiger partial charge is 0.0622 e. The minimum absolute atomic E-state index is 0.185. The zero-order valence-electron chi connectivity index (χ0n) is 18.0. The average Bonchev–Trinajstić information content (AvgIpc) is 2.78. The Morgan fingerprint density at radius 2 is 0.800 bits per heavy atom. The molecule has 30 heavy (non-hydrogen) atoms. The zero-order chi connectivity index (χ0) is 21.0. The molecule has 0 radical (unpaired) electrons. The molecule has 148 valence electrons. The molecule has 0 aromatic heterocycles. The smallest absolute Gasteiger partial charge is 0.0132 e. The molecule has 0 N–H and O–H groups in total. The van der Waals surface area contributed by atoms with Crippen LogP contribution in [0.1, 0.15) is 37.5 Å². The Labute approximate surface area is 180 Å². The van der Waals surface area contributed by atoms with Crippen LogP contribution in [0.5, 0.6) is 0 Å². The number of hydrogen-bond acceptors (Lipinski definition) is 0. The maximum atomic E-state index is 2.25. The van der Waals surface area contributed by atoms with Gasteiger partial charge in [0, 0.05) is 0 Å². The third-order valence-electron chi connectivity index (χ3n) is 5.48. The van der Waals surface area contributed by atoms with E-state index >= 15 is 0 Å². The highest BCUT2D eigenvalue weighted by atomic mass is 14.2. The van der Waals surface area contributed by atoms with Gasteiger partial charge in [0.05, 0.1) is 0 Å². The summed E-state index contributed by atoms with van der Waals surface area (Å²) in [6, 6.07) is 36.9. The van der Waals surface area contributed by atoms with Crippen molar-refractivity contribution >= 4 is 12.2 Å². The van der Waals surface area contributed by atoms with Crippen molar-refractivity contribution in [2.24, 2.45) is 0 Å². The molecule has 0 unspecified atom stereocenters. The Hall–Kier alpha value is -3.38. The molecular formula is C30H28. The third kappa shape index (κ3) is 4.78. The van der Waals surface area contributed by atoms with E-state index in [1.807, 2.05) is 6.07 Å². The second-order valence-corrected chi connectivity index (χ2v) is 8.77. The molecule has 0 aliphatic carbocycles. The van der Waals surface area contributed by atoms with Crippen molar-refractivity contribution in [1.29, 1.82) is 0 Å². The van der Waals surface area contributed by atoms with Gasteiger partial charge in [-0.2, -0.15) is 0 Å². The monoisotopic (exact) mass is 388 g/mol. The van der Waals surface area contributed by atoms with Crippen molar-refractivity contribution in [1.82, 2.24) is 0 Å². The number of benzene rings is 4. The van der Waals surface area contributed by atoms with E-state index in [0.717, 1.165) is 0 Å². The fourth-order valence-electron chi connectivity index (χ4n) is 3.56. The van der Waals surface area contributed by atoms with Crippen LogP contribution in [0.4, 0.5) is 0 Å². The van der Waals surface area contributed by atoms with Crippen LogP contribution in [0.15, 0.2) is 103 Å². The van der Waals surface area contributed by atoms with E-state index in [1.165, 1.54) is 38.9 Å². The first-order valence-corrected chi connectivity index (χ1v) is 10.5. The topological polar surface area (TPSA) is 0 Å². The second-order valence-electron chi connectivity index (χ2n) is 8.77. The van der Waals surface area contributed by atoms with Crippen LogP contribution in [0, 0.1) is 0 Å². The van der Waals surface area contributed by atoms with Crippen LogP contribution in [-0.2, 0) is 5.41 Å². The molecule has 4 rings (SSSR count). The van der Waals surface area contributed by atoms with Gasteiger partial charge in [-0.1, -0.05) is 136 Å². The molecule has 0 aliphatic heterocycles. The molecule has 0 atom stereocenters. The Bertz CT molecular complexity index is 1110. The first-order chi connectivity index (χ1) is 14.5. The molecule has 0 saturated carbocycles. The van der Waals surface area contributed by atoms with Crippen LogP contribution in [-0.4, -0.2) is 0 Å². The van der Waals surface area contributed by atoms with Gasteiger partial charge in [-0.05, 0) is 44.4 Å². The molecule has 0 amide bonds. The Morgan fingerprint density at radius 1 is 0.433 bits per heavy atom. The molecule has 0 heterocycles. The third-order valence-corrected chi connectivity index (χ3v) is 5.48. The summed E-state index contributed by atoms with van der Waals surface area (Å²) in [6.45, 7) is 6.75. The average molecular weight is 389 g/mol. The van der Waals surface area contributed by atoms with Crippen molar-refractivity contribution in [3.63, 3.8) is 0 Å². The van der Waals surface area contributed by atoms with Gasteiger partial charge in [-0.25, -0.2) is 0 Å². The molecule has 4 aromatic carbocycles. The fraction of sp³-hybridized carbons (Fsp3) is 0.133. The van der Waals surface area contributed by atoms with E-state index in [2.05, 4.69) is 130 Å². The van der Waals surface area contributed by atoms with Crippen molar-refractivity contribution in [3.05, 3.63) is 120 Å². The highest BCUT2D eigenvalue weighted by Gasteiger charge is 2.13. The predicted molar refractivity (Wildman–Crippen MR) is 131 cm³/mol. The molecule has 0 heteroatoms. The summed E-state index contributed by atoms with van der Waals surface area (Å²) in [5.74, 6) is 0. The SMILES string of the molecule is CC(C)(C)c1ccc(-c2ccc(-c3ccc(/C=C/c4ccccc4)cc3)cc2)cc1. The molecule has 0 saturated heterocycles. The molecule has 0 fully saturated rings. The first kappa shape index (κ1) is 19.9. The highest BCUT2D eigenvalue weighted by molar-refractivity contribution is 5.74. The summed E-state index contributed by atoms with van der Waals surface area (Å²) in [5, 5.41) is 0. The van der Waals surface area contributed by atoms with Gasteiger partial charge in [0.1, 0.15) is 0 Å². The molecule has 4 aromatic rings. The van der Waals surface area contributed by atoms with E-state index in [-0.39, 0.29) is 5.41 Å². The minimum atomic E-state index is 0.185. The van der Waals surface area contributed by atoms with E-state index in [0.29, 0.717) is 0 Å². The Kier molecular flexibility index (Phi) is 5.68. The van der Waals surface area contributed by atoms with E-state index in [9.17, 15) is 0 Å². The quantitative estimate of drug-likeness (QED) is 0.307. The van der Waals surface area contributed by atoms with Gasteiger partial charge in [0.25, 0.3) is 0 Å². The lowest BCUT2D eigenvalue weighted by molar-refractivity contribution is 0.590. The van der Waals surface area contributed by atoms with Gasteiger partial charge in [-0.15, -0.1) is 0 Å². The predicted octanol–water partition coefficient (Wildman–Crippen LogP) is 8.49. The second kappa shape index (κ2) is 8.55. The maximum Gasteiger partial charge on any atom is -0.0132 e. The van der Waals surface area contributed by atoms with Gasteiger partial charge in [-0.3, -0.25) is 0 Å². The molecule has 0 bridgehead atoms. The molecular weight excluding hydrogens is 360 g/mol. The lowest BCUT2D eigenvalue weighted by Gasteiger charge is -2.19. The van der Waals surface area contributed by atoms with Crippen molar-refractivity contribution < 1.29 is 0 Å². The lowest BCUT2D eigenvalue weighted by Crippen LogP contribution is -2.10. The van der Waals surface area contributed by atoms with Crippen molar-refractivity contribution in [3.8, 4) is 22.3 Å². The van der Waals surface area contributed by atoms with Crippen LogP contribution < -0.4 is 0 Å².